The number of Topliss-reactive ketones (excluding diaryl/α,β-unsaturated/α-hetero) is 1. The van der Waals surface area contributed by atoms with Gasteiger partial charge in [-0.05, 0) is 61.4 Å². The molecule has 0 aliphatic heterocycles. The number of hydrogen-bond donors (Lipinski definition) is 1. The maximum atomic E-state index is 12.9. The van der Waals surface area contributed by atoms with Crippen molar-refractivity contribution < 1.29 is 9.90 Å². The molecular weight excluding hydrogens is 352 g/mol. The molecule has 2 unspecified atom stereocenters. The first-order chi connectivity index (χ1) is 12.9. The molecular formula is C24H28O2S. The van der Waals surface area contributed by atoms with E-state index in [2.05, 4.69) is 38.1 Å². The zero-order chi connectivity index (χ0) is 19.6. The van der Waals surface area contributed by atoms with E-state index in [-0.39, 0.29) is 17.5 Å². The van der Waals surface area contributed by atoms with Crippen LogP contribution in [0.2, 0.25) is 0 Å². The molecule has 0 spiro atoms. The minimum Gasteiger partial charge on any atom is -0.512 e. The summed E-state index contributed by atoms with van der Waals surface area (Å²) in [6, 6.07) is 14.5. The molecule has 0 saturated carbocycles. The van der Waals surface area contributed by atoms with Crippen molar-refractivity contribution >= 4 is 23.1 Å². The summed E-state index contributed by atoms with van der Waals surface area (Å²) in [5, 5.41) is 10.7. The standard InChI is InChI=1S/C24H28O2S/c1-15-8-10-20(11-9-15)27-14-18(4)19-12-21(25)24(22(26)13-19)23-16(2)6-5-7-17(23)3/h5-11,18-19,25H,12-14H2,1-4H3. The van der Waals surface area contributed by atoms with E-state index in [0.29, 0.717) is 24.3 Å². The first-order valence-electron chi connectivity index (χ1n) is 9.58. The first kappa shape index (κ1) is 19.8. The molecule has 2 atom stereocenters. The van der Waals surface area contributed by atoms with E-state index in [9.17, 15) is 9.90 Å². The summed E-state index contributed by atoms with van der Waals surface area (Å²) >= 11 is 1.83. The van der Waals surface area contributed by atoms with E-state index in [0.717, 1.165) is 22.4 Å². The Kier molecular flexibility index (Phi) is 6.11. The summed E-state index contributed by atoms with van der Waals surface area (Å²) in [7, 11) is 0. The quantitative estimate of drug-likeness (QED) is 0.620. The van der Waals surface area contributed by atoms with Crippen molar-refractivity contribution in [3.63, 3.8) is 0 Å². The Hall–Kier alpha value is -2.00. The number of rotatable bonds is 5. The van der Waals surface area contributed by atoms with Gasteiger partial charge in [0.15, 0.2) is 5.78 Å². The van der Waals surface area contributed by atoms with Crippen LogP contribution >= 0.6 is 11.8 Å². The van der Waals surface area contributed by atoms with Gasteiger partial charge >= 0.3 is 0 Å². The lowest BCUT2D eigenvalue weighted by atomic mass is 9.77. The van der Waals surface area contributed by atoms with E-state index in [1.807, 2.05) is 43.8 Å². The lowest BCUT2D eigenvalue weighted by Gasteiger charge is -2.29. The molecule has 1 N–H and O–H groups in total. The third-order valence-electron chi connectivity index (χ3n) is 5.54. The van der Waals surface area contributed by atoms with Crippen molar-refractivity contribution in [1.82, 2.24) is 0 Å². The first-order valence-corrected chi connectivity index (χ1v) is 10.6. The van der Waals surface area contributed by atoms with Gasteiger partial charge in [-0.15, -0.1) is 11.8 Å². The van der Waals surface area contributed by atoms with Crippen LogP contribution in [0.3, 0.4) is 0 Å². The maximum absolute atomic E-state index is 12.9. The maximum Gasteiger partial charge on any atom is 0.167 e. The van der Waals surface area contributed by atoms with Crippen molar-refractivity contribution in [3.05, 3.63) is 70.5 Å². The Bertz CT molecular complexity index is 844. The highest BCUT2D eigenvalue weighted by Gasteiger charge is 2.32. The predicted octanol–water partition coefficient (Wildman–Crippen LogP) is 6.29. The third kappa shape index (κ3) is 4.47. The topological polar surface area (TPSA) is 37.3 Å². The fourth-order valence-electron chi connectivity index (χ4n) is 3.82. The Labute approximate surface area is 166 Å². The number of aliphatic hydroxyl groups is 1. The number of aryl methyl sites for hydroxylation is 3. The van der Waals surface area contributed by atoms with Crippen molar-refractivity contribution in [2.45, 2.75) is 45.4 Å². The minimum absolute atomic E-state index is 0.0772. The minimum atomic E-state index is 0.0772. The lowest BCUT2D eigenvalue weighted by Crippen LogP contribution is -2.25. The predicted molar refractivity (Wildman–Crippen MR) is 114 cm³/mol. The van der Waals surface area contributed by atoms with Crippen LogP contribution in [-0.2, 0) is 4.79 Å². The van der Waals surface area contributed by atoms with Crippen LogP contribution in [0.15, 0.2) is 53.1 Å². The van der Waals surface area contributed by atoms with Gasteiger partial charge in [0.05, 0.1) is 5.57 Å². The van der Waals surface area contributed by atoms with Crippen LogP contribution in [0.1, 0.15) is 42.0 Å². The van der Waals surface area contributed by atoms with Gasteiger partial charge < -0.3 is 5.11 Å². The number of carbonyl (C=O) groups is 1. The zero-order valence-electron chi connectivity index (χ0n) is 16.6. The smallest absolute Gasteiger partial charge is 0.167 e. The Morgan fingerprint density at radius 2 is 1.67 bits per heavy atom. The molecule has 3 rings (SSSR count). The molecule has 1 aliphatic carbocycles. The number of ketones is 1. The highest BCUT2D eigenvalue weighted by atomic mass is 32.2. The van der Waals surface area contributed by atoms with Crippen molar-refractivity contribution in [2.75, 3.05) is 5.75 Å². The molecule has 0 aromatic heterocycles. The molecule has 0 fully saturated rings. The van der Waals surface area contributed by atoms with Crippen molar-refractivity contribution in [2.24, 2.45) is 11.8 Å². The van der Waals surface area contributed by atoms with E-state index >= 15 is 0 Å². The average Bonchev–Trinajstić information content (AvgIpc) is 2.62. The number of allylic oxidation sites excluding steroid dienone is 2. The second-order valence-electron chi connectivity index (χ2n) is 7.78. The number of thioether (sulfide) groups is 1. The molecule has 2 nitrogen and oxygen atoms in total. The largest absolute Gasteiger partial charge is 0.512 e. The highest BCUT2D eigenvalue weighted by Crippen LogP contribution is 2.38. The van der Waals surface area contributed by atoms with E-state index in [4.69, 9.17) is 0 Å². The second kappa shape index (κ2) is 8.35. The summed E-state index contributed by atoms with van der Waals surface area (Å²) in [5.41, 5.74) is 4.82. The summed E-state index contributed by atoms with van der Waals surface area (Å²) in [6.45, 7) is 8.29. The number of carbonyl (C=O) groups excluding carboxylic acids is 1. The Morgan fingerprint density at radius 1 is 1.04 bits per heavy atom. The molecule has 0 amide bonds. The molecule has 2 aromatic carbocycles. The van der Waals surface area contributed by atoms with Gasteiger partial charge in [0.1, 0.15) is 5.76 Å². The van der Waals surface area contributed by atoms with E-state index < -0.39 is 0 Å². The third-order valence-corrected chi connectivity index (χ3v) is 6.84. The summed E-state index contributed by atoms with van der Waals surface area (Å²) in [5.74, 6) is 1.85. The zero-order valence-corrected chi connectivity index (χ0v) is 17.4. The molecule has 0 heterocycles. The van der Waals surface area contributed by atoms with Gasteiger partial charge in [0.2, 0.25) is 0 Å². The Balaban J connectivity index is 1.73. The van der Waals surface area contributed by atoms with E-state index in [1.54, 1.807) is 0 Å². The van der Waals surface area contributed by atoms with Crippen LogP contribution in [0.4, 0.5) is 0 Å². The van der Waals surface area contributed by atoms with Gasteiger partial charge in [-0.3, -0.25) is 4.79 Å². The fourth-order valence-corrected chi connectivity index (χ4v) is 4.87. The lowest BCUT2D eigenvalue weighted by molar-refractivity contribution is -0.115. The normalized spacial score (nSPS) is 18.7. The summed E-state index contributed by atoms with van der Waals surface area (Å²) in [4.78, 5) is 14.2. The van der Waals surface area contributed by atoms with Crippen LogP contribution in [-0.4, -0.2) is 16.6 Å². The molecule has 2 aromatic rings. The van der Waals surface area contributed by atoms with Gasteiger partial charge in [-0.25, -0.2) is 0 Å². The van der Waals surface area contributed by atoms with Crippen LogP contribution in [0, 0.1) is 32.6 Å². The number of hydrogen-bond acceptors (Lipinski definition) is 3. The van der Waals surface area contributed by atoms with E-state index in [1.165, 1.54) is 10.5 Å². The second-order valence-corrected chi connectivity index (χ2v) is 8.87. The van der Waals surface area contributed by atoms with Gasteiger partial charge in [-0.1, -0.05) is 42.8 Å². The summed E-state index contributed by atoms with van der Waals surface area (Å²) < 4.78 is 0. The molecule has 1 aliphatic rings. The van der Waals surface area contributed by atoms with Crippen molar-refractivity contribution in [3.8, 4) is 0 Å². The van der Waals surface area contributed by atoms with Crippen LogP contribution in [0.5, 0.6) is 0 Å². The molecule has 0 saturated heterocycles. The van der Waals surface area contributed by atoms with Gasteiger partial charge in [-0.2, -0.15) is 0 Å². The summed E-state index contributed by atoms with van der Waals surface area (Å²) in [6.07, 6.45) is 1.10. The van der Waals surface area contributed by atoms with Crippen molar-refractivity contribution in [1.29, 1.82) is 0 Å². The van der Waals surface area contributed by atoms with Crippen LogP contribution in [0.25, 0.3) is 5.57 Å². The van der Waals surface area contributed by atoms with Crippen LogP contribution < -0.4 is 0 Å². The molecule has 0 bridgehead atoms. The monoisotopic (exact) mass is 380 g/mol. The molecule has 27 heavy (non-hydrogen) atoms. The van der Waals surface area contributed by atoms with Gasteiger partial charge in [0.25, 0.3) is 0 Å². The average molecular weight is 381 g/mol. The van der Waals surface area contributed by atoms with Gasteiger partial charge in [0, 0.05) is 23.5 Å². The molecule has 142 valence electrons. The SMILES string of the molecule is Cc1ccc(SCC(C)C2CC(=O)C(c3c(C)cccc3C)=C(O)C2)cc1. The number of aliphatic hydroxyl groups excluding tert-OH is 1. The fraction of sp³-hybridized carbons (Fsp3) is 0.375. The Morgan fingerprint density at radius 3 is 2.26 bits per heavy atom. The highest BCUT2D eigenvalue weighted by molar-refractivity contribution is 7.99. The number of benzene rings is 2. The molecule has 3 heteroatoms. The molecule has 0 radical (unpaired) electrons.